The van der Waals surface area contributed by atoms with Crippen molar-refractivity contribution in [3.05, 3.63) is 41.1 Å². The highest BCUT2D eigenvalue weighted by Crippen LogP contribution is 2.46. The SMILES string of the molecule is CCOC(=O)C1=C(C)N=C2C[C@@H](C)[C@@H](C(=O)OC)C(=O)[C@H]2[C@H]1c1cccc(O)c1. The second kappa shape index (κ2) is 8.19. The van der Waals surface area contributed by atoms with Crippen LogP contribution in [0.15, 0.2) is 40.5 Å². The third-order valence-corrected chi connectivity index (χ3v) is 5.60. The summed E-state index contributed by atoms with van der Waals surface area (Å²) >= 11 is 0. The number of benzene rings is 1. The van der Waals surface area contributed by atoms with Crippen LogP contribution in [-0.4, -0.2) is 42.3 Å². The molecule has 0 radical (unpaired) electrons. The molecule has 154 valence electrons. The number of hydrogen-bond donors (Lipinski definition) is 1. The van der Waals surface area contributed by atoms with Gasteiger partial charge >= 0.3 is 11.9 Å². The molecule has 0 unspecified atom stereocenters. The first-order chi connectivity index (χ1) is 13.8. The van der Waals surface area contributed by atoms with Crippen molar-refractivity contribution in [1.82, 2.24) is 0 Å². The van der Waals surface area contributed by atoms with Crippen LogP contribution in [0.2, 0.25) is 0 Å². The van der Waals surface area contributed by atoms with Crippen molar-refractivity contribution in [3.63, 3.8) is 0 Å². The first-order valence-electron chi connectivity index (χ1n) is 9.65. The van der Waals surface area contributed by atoms with E-state index >= 15 is 0 Å². The zero-order valence-electron chi connectivity index (χ0n) is 17.0. The van der Waals surface area contributed by atoms with Crippen molar-refractivity contribution in [3.8, 4) is 5.75 Å². The molecule has 1 aliphatic carbocycles. The van der Waals surface area contributed by atoms with Crippen molar-refractivity contribution in [2.45, 2.75) is 33.1 Å². The largest absolute Gasteiger partial charge is 0.508 e. The lowest BCUT2D eigenvalue weighted by Gasteiger charge is -2.40. The van der Waals surface area contributed by atoms with Gasteiger partial charge in [0.1, 0.15) is 11.7 Å². The van der Waals surface area contributed by atoms with E-state index in [0.29, 0.717) is 23.4 Å². The van der Waals surface area contributed by atoms with Gasteiger partial charge in [0.15, 0.2) is 5.78 Å². The third-order valence-electron chi connectivity index (χ3n) is 5.60. The molecular formula is C22H25NO6. The summed E-state index contributed by atoms with van der Waals surface area (Å²) in [6.45, 7) is 5.42. The van der Waals surface area contributed by atoms with Gasteiger partial charge in [0.25, 0.3) is 0 Å². The van der Waals surface area contributed by atoms with E-state index in [0.717, 1.165) is 0 Å². The van der Waals surface area contributed by atoms with Crippen molar-refractivity contribution in [2.75, 3.05) is 13.7 Å². The van der Waals surface area contributed by atoms with Crippen LogP contribution in [-0.2, 0) is 23.9 Å². The Morgan fingerprint density at radius 2 is 2.00 bits per heavy atom. The number of nitrogens with zero attached hydrogens (tertiary/aromatic N) is 1. The van der Waals surface area contributed by atoms with E-state index in [-0.39, 0.29) is 29.6 Å². The highest BCUT2D eigenvalue weighted by atomic mass is 16.5. The first kappa shape index (κ1) is 20.8. The fraction of sp³-hybridized carbons (Fsp3) is 0.455. The number of allylic oxidation sites excluding steroid dienone is 1. The molecule has 0 spiro atoms. The van der Waals surface area contributed by atoms with E-state index in [2.05, 4.69) is 4.99 Å². The van der Waals surface area contributed by atoms with Gasteiger partial charge in [0.05, 0.1) is 25.2 Å². The average molecular weight is 399 g/mol. The Bertz CT molecular complexity index is 916. The van der Waals surface area contributed by atoms with Crippen LogP contribution in [0, 0.1) is 17.8 Å². The van der Waals surface area contributed by atoms with Gasteiger partial charge in [0, 0.05) is 17.3 Å². The fourth-order valence-electron chi connectivity index (χ4n) is 4.39. The minimum atomic E-state index is -0.925. The molecular weight excluding hydrogens is 374 g/mol. The molecule has 1 fully saturated rings. The van der Waals surface area contributed by atoms with Gasteiger partial charge in [-0.05, 0) is 43.9 Å². The number of esters is 2. The minimum absolute atomic E-state index is 0.0218. The average Bonchev–Trinajstić information content (AvgIpc) is 2.66. The van der Waals surface area contributed by atoms with E-state index in [1.165, 1.54) is 19.2 Å². The van der Waals surface area contributed by atoms with Crippen LogP contribution >= 0.6 is 0 Å². The number of methoxy groups -OCH3 is 1. The second-order valence-electron chi connectivity index (χ2n) is 7.46. The molecule has 29 heavy (non-hydrogen) atoms. The number of rotatable bonds is 4. The number of ether oxygens (including phenoxy) is 2. The Morgan fingerprint density at radius 1 is 1.28 bits per heavy atom. The Labute approximate surface area is 169 Å². The maximum absolute atomic E-state index is 13.5. The second-order valence-corrected chi connectivity index (χ2v) is 7.46. The molecule has 1 aromatic rings. The number of ketones is 1. The number of aliphatic imine (C=N–C) groups is 1. The van der Waals surface area contributed by atoms with Crippen molar-refractivity contribution in [1.29, 1.82) is 0 Å². The Hall–Kier alpha value is -2.96. The molecule has 1 N–H and O–H groups in total. The van der Waals surface area contributed by atoms with Gasteiger partial charge in [-0.2, -0.15) is 0 Å². The smallest absolute Gasteiger partial charge is 0.336 e. The van der Waals surface area contributed by atoms with Gasteiger partial charge in [-0.15, -0.1) is 0 Å². The Kier molecular flexibility index (Phi) is 5.86. The van der Waals surface area contributed by atoms with E-state index in [1.54, 1.807) is 26.0 Å². The summed E-state index contributed by atoms with van der Waals surface area (Å²) in [7, 11) is 1.26. The molecule has 1 aromatic carbocycles. The maximum atomic E-state index is 13.5. The van der Waals surface area contributed by atoms with Crippen molar-refractivity contribution in [2.24, 2.45) is 22.7 Å². The van der Waals surface area contributed by atoms with E-state index in [4.69, 9.17) is 9.47 Å². The zero-order valence-corrected chi connectivity index (χ0v) is 17.0. The molecule has 4 atom stereocenters. The molecule has 1 heterocycles. The van der Waals surface area contributed by atoms with Crippen LogP contribution in [0.3, 0.4) is 0 Å². The van der Waals surface area contributed by atoms with Crippen LogP contribution in [0.5, 0.6) is 5.75 Å². The normalized spacial score (nSPS) is 26.5. The number of hydrogen-bond acceptors (Lipinski definition) is 7. The number of carbonyl (C=O) groups is 3. The van der Waals surface area contributed by atoms with E-state index in [9.17, 15) is 19.5 Å². The molecule has 0 bridgehead atoms. The number of carbonyl (C=O) groups excluding carboxylic acids is 3. The first-order valence-corrected chi connectivity index (χ1v) is 9.65. The fourth-order valence-corrected chi connectivity index (χ4v) is 4.39. The van der Waals surface area contributed by atoms with Crippen LogP contribution < -0.4 is 0 Å². The van der Waals surface area contributed by atoms with Gasteiger partial charge in [0.2, 0.25) is 0 Å². The van der Waals surface area contributed by atoms with Crippen LogP contribution in [0.1, 0.15) is 38.7 Å². The summed E-state index contributed by atoms with van der Waals surface area (Å²) in [6.07, 6.45) is 0.443. The lowest BCUT2D eigenvalue weighted by atomic mass is 9.64. The van der Waals surface area contributed by atoms with E-state index < -0.39 is 29.7 Å². The van der Waals surface area contributed by atoms with Gasteiger partial charge < -0.3 is 14.6 Å². The molecule has 0 saturated heterocycles. The summed E-state index contributed by atoms with van der Waals surface area (Å²) in [5.74, 6) is -4.11. The summed E-state index contributed by atoms with van der Waals surface area (Å²) in [5.41, 5.74) is 2.00. The van der Waals surface area contributed by atoms with Crippen LogP contribution in [0.25, 0.3) is 0 Å². The summed E-state index contributed by atoms with van der Waals surface area (Å²) in [4.78, 5) is 43.1. The number of phenolic OH excluding ortho intramolecular Hbond substituents is 1. The third kappa shape index (κ3) is 3.69. The maximum Gasteiger partial charge on any atom is 0.336 e. The Balaban J connectivity index is 2.18. The molecule has 0 amide bonds. The number of Topliss-reactive ketones (excluding diaryl/α,β-unsaturated/α-hetero) is 1. The predicted molar refractivity (Wildman–Crippen MR) is 105 cm³/mol. The van der Waals surface area contributed by atoms with E-state index in [1.807, 2.05) is 6.92 Å². The monoisotopic (exact) mass is 399 g/mol. The molecule has 2 aliphatic rings. The van der Waals surface area contributed by atoms with Crippen LogP contribution in [0.4, 0.5) is 0 Å². The summed E-state index contributed by atoms with van der Waals surface area (Å²) in [5, 5.41) is 10.00. The van der Waals surface area contributed by atoms with Crippen molar-refractivity contribution >= 4 is 23.4 Å². The van der Waals surface area contributed by atoms with Crippen molar-refractivity contribution < 1.29 is 29.0 Å². The lowest BCUT2D eigenvalue weighted by Crippen LogP contribution is -2.48. The summed E-state index contributed by atoms with van der Waals surface area (Å²) < 4.78 is 10.1. The molecule has 7 nitrogen and oxygen atoms in total. The standard InChI is InChI=1S/C22H25NO6/c1-5-29-22(27)17-12(3)23-15-9-11(2)16(21(26)28-4)20(25)19(15)18(17)13-7-6-8-14(24)10-13/h6-8,10-11,16,18-19,24H,5,9H2,1-4H3/t11-,16-,18+,19-/m1/s1. The zero-order chi connectivity index (χ0) is 21.3. The molecule has 1 saturated carbocycles. The van der Waals surface area contributed by atoms with Gasteiger partial charge in [-0.25, -0.2) is 4.79 Å². The molecule has 3 rings (SSSR count). The Morgan fingerprint density at radius 3 is 2.62 bits per heavy atom. The number of phenols is 1. The molecule has 1 aliphatic heterocycles. The highest BCUT2D eigenvalue weighted by molar-refractivity contribution is 6.17. The topological polar surface area (TPSA) is 102 Å². The predicted octanol–water partition coefficient (Wildman–Crippen LogP) is 2.78. The summed E-state index contributed by atoms with van der Waals surface area (Å²) in [6, 6.07) is 6.45. The lowest BCUT2D eigenvalue weighted by molar-refractivity contribution is -0.152. The number of aromatic hydroxyl groups is 1. The minimum Gasteiger partial charge on any atom is -0.508 e. The van der Waals surface area contributed by atoms with Gasteiger partial charge in [-0.1, -0.05) is 19.1 Å². The quantitative estimate of drug-likeness (QED) is 0.617. The molecule has 0 aromatic heterocycles. The van der Waals surface area contributed by atoms with Gasteiger partial charge in [-0.3, -0.25) is 14.6 Å². The number of fused-ring (bicyclic) bond motifs is 1. The highest BCUT2D eigenvalue weighted by Gasteiger charge is 2.51. The molecule has 7 heteroatoms.